The second-order valence-electron chi connectivity index (χ2n) is 9.24. The molecule has 1 aliphatic rings. The average molecular weight is 430 g/mol. The quantitative estimate of drug-likeness (QED) is 0.189. The van der Waals surface area contributed by atoms with E-state index < -0.39 is 44.6 Å². The first-order valence-electron chi connectivity index (χ1n) is 10.7. The number of azide groups is 1. The molecule has 0 amide bonds. The third kappa shape index (κ3) is 6.43. The summed E-state index contributed by atoms with van der Waals surface area (Å²) in [6.07, 6.45) is -0.803. The number of hydrogen-bond donors (Lipinski definition) is 1. The fraction of sp³-hybridized carbons (Fsp3) is 0.950. The van der Waals surface area contributed by atoms with Gasteiger partial charge >= 0.3 is 5.97 Å². The van der Waals surface area contributed by atoms with Gasteiger partial charge in [-0.1, -0.05) is 39.7 Å². The molecule has 0 spiro atoms. The van der Waals surface area contributed by atoms with E-state index in [0.717, 1.165) is 12.8 Å². The highest BCUT2D eigenvalue weighted by Crippen LogP contribution is 2.42. The van der Waals surface area contributed by atoms with Crippen molar-refractivity contribution in [3.63, 3.8) is 0 Å². The maximum Gasteiger partial charge on any atom is 0.311 e. The van der Waals surface area contributed by atoms with Crippen LogP contribution < -0.4 is 0 Å². The molecule has 0 aliphatic heterocycles. The van der Waals surface area contributed by atoms with Crippen LogP contribution in [0.15, 0.2) is 5.11 Å². The summed E-state index contributed by atoms with van der Waals surface area (Å²) in [5, 5.41) is 14.4. The first-order chi connectivity index (χ1) is 13.4. The Morgan fingerprint density at radius 2 is 1.83 bits per heavy atom. The van der Waals surface area contributed by atoms with Gasteiger partial charge in [-0.15, -0.1) is 0 Å². The molecule has 0 bridgehead atoms. The number of aliphatic hydroxyl groups excluding tert-OH is 1. The number of rotatable bonds is 9. The van der Waals surface area contributed by atoms with E-state index in [9.17, 15) is 9.90 Å². The van der Waals surface area contributed by atoms with Crippen molar-refractivity contribution in [2.45, 2.75) is 109 Å². The Balaban J connectivity index is 3.44. The first-order valence-corrected chi connectivity index (χ1v) is 13.6. The smallest absolute Gasteiger partial charge is 0.311 e. The normalized spacial score (nSPS) is 28.1. The van der Waals surface area contributed by atoms with Crippen molar-refractivity contribution in [1.29, 1.82) is 0 Å². The van der Waals surface area contributed by atoms with Crippen LogP contribution in [0.5, 0.6) is 0 Å². The van der Waals surface area contributed by atoms with E-state index in [1.54, 1.807) is 6.92 Å². The molecule has 0 aromatic heterocycles. The Hall–Kier alpha value is -1.12. The lowest BCUT2D eigenvalue weighted by Gasteiger charge is -2.48. The molecule has 0 heterocycles. The maximum absolute atomic E-state index is 12.8. The van der Waals surface area contributed by atoms with Gasteiger partial charge in [0, 0.05) is 4.91 Å². The minimum atomic E-state index is -2.29. The van der Waals surface area contributed by atoms with Crippen molar-refractivity contribution in [2.75, 3.05) is 6.61 Å². The number of esters is 1. The summed E-state index contributed by atoms with van der Waals surface area (Å²) in [5.74, 6) is -1.09. The highest BCUT2D eigenvalue weighted by atomic mass is 28.4. The molecule has 0 saturated heterocycles. The molecule has 1 N–H and O–H groups in total. The van der Waals surface area contributed by atoms with E-state index in [-0.39, 0.29) is 24.2 Å². The summed E-state index contributed by atoms with van der Waals surface area (Å²) in [4.78, 5) is 15.7. The lowest BCUT2D eigenvalue weighted by molar-refractivity contribution is -0.175. The van der Waals surface area contributed by atoms with Crippen LogP contribution in [0.3, 0.4) is 0 Å². The largest absolute Gasteiger partial charge is 0.466 e. The molecule has 0 unspecified atom stereocenters. The van der Waals surface area contributed by atoms with Crippen LogP contribution >= 0.6 is 0 Å². The molecule has 0 radical (unpaired) electrons. The molecular formula is C20H39N3O5Si. The lowest BCUT2D eigenvalue weighted by Crippen LogP contribution is -2.61. The summed E-state index contributed by atoms with van der Waals surface area (Å²) in [5.41, 5.74) is 9.08. The molecule has 1 saturated carbocycles. The minimum Gasteiger partial charge on any atom is -0.466 e. The molecule has 5 atom stereocenters. The molecule has 168 valence electrons. The minimum absolute atomic E-state index is 0.0876. The summed E-state index contributed by atoms with van der Waals surface area (Å²) in [7, 11) is -2.29. The van der Waals surface area contributed by atoms with Gasteiger partial charge in [0.25, 0.3) is 0 Å². The standard InChI is InChI=1S/C20H39N3O5Si/c1-9-13(10-2)27-18-16(22-23-21)15(24)12-14(19(25)26-11-3)17(18)28-29(7,8)20(4,5)6/h13-18,24H,9-12H2,1-8H3/t14-,15+,16+,17-,18-/m0/s1. The van der Waals surface area contributed by atoms with Crippen LogP contribution in [-0.4, -0.2) is 56.5 Å². The molecule has 1 fully saturated rings. The molecule has 0 aromatic rings. The number of ether oxygens (including phenoxy) is 2. The molecule has 1 rings (SSSR count). The molecule has 8 nitrogen and oxygen atoms in total. The van der Waals surface area contributed by atoms with Crippen molar-refractivity contribution in [1.82, 2.24) is 0 Å². The Bertz CT molecular complexity index is 585. The van der Waals surface area contributed by atoms with Gasteiger partial charge in [-0.3, -0.25) is 4.79 Å². The molecule has 29 heavy (non-hydrogen) atoms. The first kappa shape index (κ1) is 25.9. The second-order valence-corrected chi connectivity index (χ2v) is 14.0. The second kappa shape index (κ2) is 10.8. The third-order valence-corrected chi connectivity index (χ3v) is 10.7. The van der Waals surface area contributed by atoms with Crippen LogP contribution in [0.1, 0.15) is 60.8 Å². The summed E-state index contributed by atoms with van der Waals surface area (Å²) >= 11 is 0. The zero-order valence-corrected chi connectivity index (χ0v) is 20.2. The number of carbonyl (C=O) groups is 1. The predicted octanol–water partition coefficient (Wildman–Crippen LogP) is 4.57. The molecule has 1 aliphatic carbocycles. The lowest BCUT2D eigenvalue weighted by atomic mass is 9.79. The van der Waals surface area contributed by atoms with Crippen LogP contribution in [0.25, 0.3) is 10.4 Å². The van der Waals surface area contributed by atoms with E-state index in [4.69, 9.17) is 19.4 Å². The highest BCUT2D eigenvalue weighted by molar-refractivity contribution is 6.74. The van der Waals surface area contributed by atoms with E-state index >= 15 is 0 Å². The number of carbonyl (C=O) groups excluding carboxylic acids is 1. The van der Waals surface area contributed by atoms with E-state index in [2.05, 4.69) is 43.9 Å². The van der Waals surface area contributed by atoms with Gasteiger partial charge in [0.2, 0.25) is 0 Å². The summed E-state index contributed by atoms with van der Waals surface area (Å²) < 4.78 is 18.3. The Kier molecular flexibility index (Phi) is 9.62. The Morgan fingerprint density at radius 3 is 2.28 bits per heavy atom. The number of hydrogen-bond acceptors (Lipinski definition) is 6. The Morgan fingerprint density at radius 1 is 1.24 bits per heavy atom. The van der Waals surface area contributed by atoms with E-state index in [0.29, 0.717) is 0 Å². The monoisotopic (exact) mass is 429 g/mol. The summed E-state index contributed by atoms with van der Waals surface area (Å²) in [6, 6.07) is -0.818. The van der Waals surface area contributed by atoms with Gasteiger partial charge in [-0.25, -0.2) is 0 Å². The van der Waals surface area contributed by atoms with Gasteiger partial charge < -0.3 is 19.0 Å². The SMILES string of the molecule is CCOC(=O)[C@H]1C[C@@H](O)[C@@H](N=[N+]=[N-])[C@H](OC(CC)CC)[C@H]1O[Si](C)(C)C(C)(C)C. The van der Waals surface area contributed by atoms with Crippen LogP contribution in [0, 0.1) is 5.92 Å². The van der Waals surface area contributed by atoms with Crippen molar-refractivity contribution in [3.05, 3.63) is 10.4 Å². The van der Waals surface area contributed by atoms with Crippen LogP contribution in [-0.2, 0) is 18.7 Å². The molecule has 0 aromatic carbocycles. The fourth-order valence-corrected chi connectivity index (χ4v) is 4.72. The van der Waals surface area contributed by atoms with Gasteiger partial charge in [-0.05, 0) is 49.8 Å². The van der Waals surface area contributed by atoms with Gasteiger partial charge in [0.15, 0.2) is 8.32 Å². The zero-order valence-electron chi connectivity index (χ0n) is 19.2. The van der Waals surface area contributed by atoms with Crippen LogP contribution in [0.4, 0.5) is 0 Å². The van der Waals surface area contributed by atoms with Crippen molar-refractivity contribution in [2.24, 2.45) is 11.0 Å². The maximum atomic E-state index is 12.8. The van der Waals surface area contributed by atoms with Gasteiger partial charge in [0.1, 0.15) is 0 Å². The third-order valence-electron chi connectivity index (χ3n) is 6.22. The number of nitrogens with zero attached hydrogens (tertiary/aromatic N) is 3. The predicted molar refractivity (Wildman–Crippen MR) is 115 cm³/mol. The van der Waals surface area contributed by atoms with Crippen molar-refractivity contribution in [3.8, 4) is 0 Å². The zero-order chi connectivity index (χ0) is 22.4. The Labute approximate surface area is 176 Å². The fourth-order valence-electron chi connectivity index (χ4n) is 3.39. The van der Waals surface area contributed by atoms with E-state index in [1.165, 1.54) is 0 Å². The highest BCUT2D eigenvalue weighted by Gasteiger charge is 2.52. The molecule has 9 heteroatoms. The van der Waals surface area contributed by atoms with Gasteiger partial charge in [-0.2, -0.15) is 0 Å². The van der Waals surface area contributed by atoms with Crippen molar-refractivity contribution >= 4 is 14.3 Å². The van der Waals surface area contributed by atoms with Gasteiger partial charge in [0.05, 0.1) is 43.0 Å². The number of aliphatic hydroxyl groups is 1. The topological polar surface area (TPSA) is 114 Å². The van der Waals surface area contributed by atoms with Crippen molar-refractivity contribution < 1.29 is 23.8 Å². The van der Waals surface area contributed by atoms with E-state index in [1.807, 2.05) is 13.8 Å². The van der Waals surface area contributed by atoms with Crippen LogP contribution in [0.2, 0.25) is 18.1 Å². The molecular weight excluding hydrogens is 390 g/mol. The average Bonchev–Trinajstić information content (AvgIpc) is 2.62. The summed E-state index contributed by atoms with van der Waals surface area (Å²) in [6.45, 7) is 16.6.